The molecule has 6 heteroatoms. The molecule has 1 aliphatic heterocycles. The predicted octanol–water partition coefficient (Wildman–Crippen LogP) is 3.69. The normalized spacial score (nSPS) is 26.5. The quantitative estimate of drug-likeness (QED) is 0.476. The van der Waals surface area contributed by atoms with E-state index in [0.29, 0.717) is 39.0 Å². The number of nitrogens with zero attached hydrogens (tertiary/aromatic N) is 1. The molecule has 190 valence electrons. The maximum atomic E-state index is 13.3. The Morgan fingerprint density at radius 3 is 2.57 bits per heavy atom. The number of hydrogen-bond acceptors (Lipinski definition) is 5. The van der Waals surface area contributed by atoms with Gasteiger partial charge in [0.25, 0.3) is 0 Å². The molecule has 1 unspecified atom stereocenters. The number of benzene rings is 2. The zero-order valence-corrected chi connectivity index (χ0v) is 20.8. The zero-order valence-electron chi connectivity index (χ0n) is 20.8. The number of unbranched alkanes of at least 4 members (excludes halogenated alkanes) is 1. The zero-order chi connectivity index (χ0) is 24.8. The van der Waals surface area contributed by atoms with Crippen molar-refractivity contribution in [1.82, 2.24) is 4.90 Å². The Balaban J connectivity index is 1.62. The number of hydrogen-bond donors (Lipinski definition) is 3. The van der Waals surface area contributed by atoms with Crippen LogP contribution in [-0.2, 0) is 15.1 Å². The minimum Gasteiger partial charge on any atom is -0.391 e. The topological polar surface area (TPSA) is 96.0 Å². The van der Waals surface area contributed by atoms with Gasteiger partial charge in [-0.2, -0.15) is 0 Å². The summed E-state index contributed by atoms with van der Waals surface area (Å²) in [5, 5.41) is 22.5. The van der Waals surface area contributed by atoms with E-state index in [-0.39, 0.29) is 23.8 Å². The van der Waals surface area contributed by atoms with Crippen LogP contribution in [0.5, 0.6) is 0 Å². The van der Waals surface area contributed by atoms with Gasteiger partial charge in [0.15, 0.2) is 0 Å². The minimum atomic E-state index is -1.06. The summed E-state index contributed by atoms with van der Waals surface area (Å²) >= 11 is 0. The molecule has 1 heterocycles. The summed E-state index contributed by atoms with van der Waals surface area (Å²) < 4.78 is 5.26. The molecule has 1 saturated heterocycles. The second kappa shape index (κ2) is 11.7. The molecule has 4 rings (SSSR count). The van der Waals surface area contributed by atoms with Crippen LogP contribution in [0.1, 0.15) is 50.5 Å². The van der Waals surface area contributed by atoms with Crippen molar-refractivity contribution in [1.29, 1.82) is 0 Å². The van der Waals surface area contributed by atoms with E-state index in [1.165, 1.54) is 0 Å². The largest absolute Gasteiger partial charge is 0.391 e. The number of carbonyl (C=O) groups excluding carboxylic acids is 1. The summed E-state index contributed by atoms with van der Waals surface area (Å²) in [6, 6.07) is 18.0. The van der Waals surface area contributed by atoms with Gasteiger partial charge < -0.3 is 25.6 Å². The minimum absolute atomic E-state index is 0.0692. The van der Waals surface area contributed by atoms with Gasteiger partial charge in [-0.1, -0.05) is 54.6 Å². The lowest BCUT2D eigenvalue weighted by atomic mass is 9.72. The van der Waals surface area contributed by atoms with Gasteiger partial charge in [-0.25, -0.2) is 0 Å². The molecule has 35 heavy (non-hydrogen) atoms. The smallest absolute Gasteiger partial charge is 0.225 e. The first-order valence-corrected chi connectivity index (χ1v) is 13.0. The number of rotatable bonds is 9. The first kappa shape index (κ1) is 25.8. The van der Waals surface area contributed by atoms with Gasteiger partial charge in [-0.15, -0.1) is 0 Å². The fourth-order valence-electron chi connectivity index (χ4n) is 6.00. The first-order valence-electron chi connectivity index (χ1n) is 13.0. The Morgan fingerprint density at radius 1 is 1.11 bits per heavy atom. The molecular formula is C29H40N2O4. The van der Waals surface area contributed by atoms with Gasteiger partial charge in [0.1, 0.15) is 0 Å². The average molecular weight is 481 g/mol. The van der Waals surface area contributed by atoms with Crippen molar-refractivity contribution in [2.75, 3.05) is 26.8 Å². The van der Waals surface area contributed by atoms with Crippen LogP contribution >= 0.6 is 0 Å². The Hall–Kier alpha value is -2.25. The van der Waals surface area contributed by atoms with Gasteiger partial charge in [-0.05, 0) is 61.6 Å². The SMILES string of the molecule is COCCCC[C@@](O)(c1ccccc1-c1ccccc1)C1CCCN(C(=O)[C@H]2C[C@@H](N)[C@@H](O)C2)C1. The van der Waals surface area contributed by atoms with Crippen molar-refractivity contribution in [3.05, 3.63) is 60.2 Å². The highest BCUT2D eigenvalue weighted by atomic mass is 16.5. The molecule has 1 aliphatic carbocycles. The number of methoxy groups -OCH3 is 1. The Labute approximate surface area is 209 Å². The van der Waals surface area contributed by atoms with Crippen LogP contribution in [0.15, 0.2) is 54.6 Å². The van der Waals surface area contributed by atoms with E-state index >= 15 is 0 Å². The fourth-order valence-corrected chi connectivity index (χ4v) is 6.00. The third-order valence-corrected chi connectivity index (χ3v) is 7.97. The number of carbonyl (C=O) groups is 1. The number of amides is 1. The summed E-state index contributed by atoms with van der Waals surface area (Å²) in [7, 11) is 1.70. The van der Waals surface area contributed by atoms with E-state index < -0.39 is 11.7 Å². The van der Waals surface area contributed by atoms with E-state index in [9.17, 15) is 15.0 Å². The summed E-state index contributed by atoms with van der Waals surface area (Å²) in [6.07, 6.45) is 4.38. The van der Waals surface area contributed by atoms with Crippen molar-refractivity contribution in [2.45, 2.75) is 62.7 Å². The number of ether oxygens (including phenoxy) is 1. The first-order chi connectivity index (χ1) is 16.9. The fraction of sp³-hybridized carbons (Fsp3) is 0.552. The molecule has 0 bridgehead atoms. The van der Waals surface area contributed by atoms with Crippen molar-refractivity contribution in [3.8, 4) is 11.1 Å². The Bertz CT molecular complexity index is 958. The van der Waals surface area contributed by atoms with E-state index in [2.05, 4.69) is 18.2 Å². The summed E-state index contributed by atoms with van der Waals surface area (Å²) in [6.45, 7) is 1.87. The van der Waals surface area contributed by atoms with E-state index in [1.54, 1.807) is 7.11 Å². The molecule has 6 nitrogen and oxygen atoms in total. The van der Waals surface area contributed by atoms with Gasteiger partial charge in [0, 0.05) is 44.7 Å². The van der Waals surface area contributed by atoms with Crippen LogP contribution in [-0.4, -0.2) is 60.0 Å². The van der Waals surface area contributed by atoms with Crippen molar-refractivity contribution >= 4 is 5.91 Å². The summed E-state index contributed by atoms with van der Waals surface area (Å²) in [5.41, 5.74) is 7.97. The number of aliphatic hydroxyl groups is 2. The Morgan fingerprint density at radius 2 is 1.86 bits per heavy atom. The molecule has 0 spiro atoms. The van der Waals surface area contributed by atoms with Gasteiger partial charge >= 0.3 is 0 Å². The lowest BCUT2D eigenvalue weighted by Crippen LogP contribution is -2.49. The van der Waals surface area contributed by atoms with Crippen LogP contribution in [0, 0.1) is 11.8 Å². The monoisotopic (exact) mass is 480 g/mol. The second-order valence-electron chi connectivity index (χ2n) is 10.3. The van der Waals surface area contributed by atoms with E-state index in [4.69, 9.17) is 10.5 Å². The molecule has 2 fully saturated rings. The molecule has 1 saturated carbocycles. The predicted molar refractivity (Wildman–Crippen MR) is 138 cm³/mol. The van der Waals surface area contributed by atoms with Gasteiger partial charge in [-0.3, -0.25) is 4.79 Å². The lowest BCUT2D eigenvalue weighted by molar-refractivity contribution is -0.141. The number of piperidine rings is 1. The molecule has 2 aliphatic rings. The molecule has 2 aromatic rings. The third-order valence-electron chi connectivity index (χ3n) is 7.97. The molecule has 2 aromatic carbocycles. The molecular weight excluding hydrogens is 440 g/mol. The van der Waals surface area contributed by atoms with Crippen LogP contribution in [0.2, 0.25) is 0 Å². The molecule has 5 atom stereocenters. The Kier molecular flexibility index (Phi) is 8.60. The maximum Gasteiger partial charge on any atom is 0.225 e. The van der Waals surface area contributed by atoms with Crippen molar-refractivity contribution in [3.63, 3.8) is 0 Å². The maximum absolute atomic E-state index is 13.3. The highest BCUT2D eigenvalue weighted by molar-refractivity contribution is 5.79. The van der Waals surface area contributed by atoms with Crippen LogP contribution < -0.4 is 5.73 Å². The van der Waals surface area contributed by atoms with Gasteiger partial charge in [0.2, 0.25) is 5.91 Å². The molecule has 4 N–H and O–H groups in total. The standard InChI is InChI=1S/C29H40N2O4/c1-35-17-8-7-15-29(34,25-14-6-5-13-24(25)21-10-3-2-4-11-21)23-12-9-16-31(20-23)28(33)22-18-26(30)27(32)19-22/h2-6,10-11,13-14,22-23,26-27,32,34H,7-9,12,15-20,30H2,1H3/t22-,23?,26+,27-,29-/m0/s1. The van der Waals surface area contributed by atoms with Gasteiger partial charge in [0.05, 0.1) is 11.7 Å². The van der Waals surface area contributed by atoms with Crippen molar-refractivity contribution in [2.24, 2.45) is 17.6 Å². The number of likely N-dealkylation sites (tertiary alicyclic amines) is 1. The van der Waals surface area contributed by atoms with E-state index in [1.807, 2.05) is 41.3 Å². The third kappa shape index (κ3) is 5.78. The molecule has 0 radical (unpaired) electrons. The summed E-state index contributed by atoms with van der Waals surface area (Å²) in [4.78, 5) is 15.3. The average Bonchev–Trinajstić information content (AvgIpc) is 3.24. The second-order valence-corrected chi connectivity index (χ2v) is 10.3. The highest BCUT2D eigenvalue weighted by Gasteiger charge is 2.44. The van der Waals surface area contributed by atoms with Crippen LogP contribution in [0.25, 0.3) is 11.1 Å². The van der Waals surface area contributed by atoms with Crippen molar-refractivity contribution < 1.29 is 19.7 Å². The number of aliphatic hydroxyl groups excluding tert-OH is 1. The highest BCUT2D eigenvalue weighted by Crippen LogP contribution is 2.44. The summed E-state index contributed by atoms with van der Waals surface area (Å²) in [5.74, 6) is -0.238. The molecule has 1 amide bonds. The lowest BCUT2D eigenvalue weighted by Gasteiger charge is -2.44. The molecule has 0 aromatic heterocycles. The number of nitrogens with two attached hydrogens (primary N) is 1. The van der Waals surface area contributed by atoms with Crippen LogP contribution in [0.4, 0.5) is 0 Å². The van der Waals surface area contributed by atoms with E-state index in [0.717, 1.165) is 42.4 Å². The van der Waals surface area contributed by atoms with Crippen LogP contribution in [0.3, 0.4) is 0 Å².